The highest BCUT2D eigenvalue weighted by Gasteiger charge is 2.43. The first-order chi connectivity index (χ1) is 4.80. The van der Waals surface area contributed by atoms with Gasteiger partial charge in [0.15, 0.2) is 10.2 Å². The van der Waals surface area contributed by atoms with Crippen molar-refractivity contribution in [1.82, 2.24) is 0 Å². The predicted octanol–water partition coefficient (Wildman–Crippen LogP) is -0.928. The van der Waals surface area contributed by atoms with Crippen molar-refractivity contribution in [3.63, 3.8) is 0 Å². The fourth-order valence-corrected chi connectivity index (χ4v) is 0.510. The Kier molecular flexibility index (Phi) is 3.21. The highest BCUT2D eigenvalue weighted by Crippen LogP contribution is 2.24. The Balaban J connectivity index is 4.55. The van der Waals surface area contributed by atoms with Gasteiger partial charge in [0, 0.05) is 0 Å². The third-order valence-electron chi connectivity index (χ3n) is 0.930. The molecule has 5 nitrogen and oxygen atoms in total. The van der Waals surface area contributed by atoms with Crippen molar-refractivity contribution in [3.8, 4) is 0 Å². The molecule has 0 aliphatic carbocycles. The molecule has 0 rings (SSSR count). The summed E-state index contributed by atoms with van der Waals surface area (Å²) in [6.07, 6.45) is -2.15. The van der Waals surface area contributed by atoms with Gasteiger partial charge in [0.05, 0.1) is 0 Å². The average molecular weight is 198 g/mol. The van der Waals surface area contributed by atoms with Crippen LogP contribution < -0.4 is 0 Å². The van der Waals surface area contributed by atoms with Gasteiger partial charge in [-0.3, -0.25) is 0 Å². The highest BCUT2D eigenvalue weighted by atomic mass is 32.2. The average Bonchev–Trinajstić information content (AvgIpc) is 1.85. The third kappa shape index (κ3) is 2.28. The van der Waals surface area contributed by atoms with Crippen LogP contribution in [0.1, 0.15) is 0 Å². The molecule has 0 saturated carbocycles. The van der Waals surface area contributed by atoms with Gasteiger partial charge in [0.1, 0.15) is 0 Å². The largest absolute Gasteiger partial charge is 0.480 e. The lowest BCUT2D eigenvalue weighted by Gasteiger charge is -2.19. The summed E-state index contributed by atoms with van der Waals surface area (Å²) < 4.78 is -2.26. The normalized spacial score (nSPS) is 14.1. The zero-order valence-electron chi connectivity index (χ0n) is 5.13. The molecule has 0 spiro atoms. The van der Waals surface area contributed by atoms with Crippen LogP contribution in [0.15, 0.2) is 0 Å². The molecule has 0 aromatic heterocycles. The molecule has 7 heteroatoms. The Morgan fingerprint density at radius 2 is 1.64 bits per heavy atom. The molecule has 1 unspecified atom stereocenters. The van der Waals surface area contributed by atoms with E-state index < -0.39 is 22.1 Å². The number of hydrogen-bond acceptors (Lipinski definition) is 5. The van der Waals surface area contributed by atoms with Crippen molar-refractivity contribution >= 4 is 37.2 Å². The first kappa shape index (κ1) is 10.6. The van der Waals surface area contributed by atoms with Crippen LogP contribution in [0.5, 0.6) is 0 Å². The van der Waals surface area contributed by atoms with E-state index in [2.05, 4.69) is 25.3 Å². The van der Waals surface area contributed by atoms with E-state index in [0.29, 0.717) is 0 Å². The number of aliphatic carboxylic acids is 2. The topological polar surface area (TPSA) is 94.8 Å². The van der Waals surface area contributed by atoms with Crippen LogP contribution in [0, 0.1) is 0 Å². The van der Waals surface area contributed by atoms with Crippen molar-refractivity contribution < 1.29 is 24.9 Å². The summed E-state index contributed by atoms with van der Waals surface area (Å²) in [5.41, 5.74) is 0. The van der Waals surface area contributed by atoms with E-state index in [9.17, 15) is 9.59 Å². The Morgan fingerprint density at radius 1 is 1.27 bits per heavy atom. The number of hydrogen-bond donors (Lipinski definition) is 5. The lowest BCUT2D eigenvalue weighted by atomic mass is 10.2. The number of aliphatic hydroxyl groups is 1. The standard InChI is InChI=1S/C4H6O5S2/c5-1(2(6)7)4(10,11)3(8)9/h1,5,10-11H,(H,6,7)(H,8,9). The molecule has 3 N–H and O–H groups in total. The van der Waals surface area contributed by atoms with Gasteiger partial charge in [-0.15, -0.1) is 25.3 Å². The number of thiol groups is 2. The second-order valence-corrected chi connectivity index (χ2v) is 3.54. The second kappa shape index (κ2) is 3.33. The zero-order valence-corrected chi connectivity index (χ0v) is 6.92. The molecule has 1 atom stereocenters. The Morgan fingerprint density at radius 3 is 1.73 bits per heavy atom. The number of carboxylic acid groups (broad SMARTS) is 2. The number of carbonyl (C=O) groups is 2. The van der Waals surface area contributed by atoms with E-state index >= 15 is 0 Å². The number of rotatable bonds is 3. The molecule has 0 aliphatic heterocycles. The minimum Gasteiger partial charge on any atom is -0.480 e. The third-order valence-corrected chi connectivity index (χ3v) is 1.80. The number of carboxylic acids is 2. The maximum Gasteiger partial charge on any atom is 0.335 e. The van der Waals surface area contributed by atoms with Crippen molar-refractivity contribution in [2.45, 2.75) is 10.2 Å². The van der Waals surface area contributed by atoms with Crippen molar-refractivity contribution in [1.29, 1.82) is 0 Å². The molecule has 0 heterocycles. The molecule has 0 bridgehead atoms. The number of aliphatic hydroxyl groups excluding tert-OH is 1. The summed E-state index contributed by atoms with van der Waals surface area (Å²) in [6.45, 7) is 0. The molecule has 0 radical (unpaired) electrons. The summed E-state index contributed by atoms with van der Waals surface area (Å²) in [6, 6.07) is 0. The highest BCUT2D eigenvalue weighted by molar-refractivity contribution is 8.02. The molecule has 0 aliphatic rings. The van der Waals surface area contributed by atoms with Crippen LogP contribution in [0.3, 0.4) is 0 Å². The van der Waals surface area contributed by atoms with Crippen molar-refractivity contribution in [3.05, 3.63) is 0 Å². The predicted molar refractivity (Wildman–Crippen MR) is 42.0 cm³/mol. The van der Waals surface area contributed by atoms with Gasteiger partial charge in [0.25, 0.3) is 0 Å². The monoisotopic (exact) mass is 198 g/mol. The fraction of sp³-hybridized carbons (Fsp3) is 0.500. The van der Waals surface area contributed by atoms with Gasteiger partial charge in [-0.05, 0) is 0 Å². The van der Waals surface area contributed by atoms with Crippen LogP contribution in [0.2, 0.25) is 0 Å². The summed E-state index contributed by atoms with van der Waals surface area (Å²) in [5, 5.41) is 25.1. The second-order valence-electron chi connectivity index (χ2n) is 1.77. The summed E-state index contributed by atoms with van der Waals surface area (Å²) in [5.74, 6) is -3.29. The van der Waals surface area contributed by atoms with Crippen molar-refractivity contribution in [2.75, 3.05) is 0 Å². The van der Waals surface area contributed by atoms with Gasteiger partial charge in [-0.25, -0.2) is 9.59 Å². The van der Waals surface area contributed by atoms with E-state index in [1.165, 1.54) is 0 Å². The lowest BCUT2D eigenvalue weighted by molar-refractivity contribution is -0.153. The van der Waals surface area contributed by atoms with Crippen molar-refractivity contribution in [2.24, 2.45) is 0 Å². The van der Waals surface area contributed by atoms with Crippen LogP contribution in [0.25, 0.3) is 0 Å². The van der Waals surface area contributed by atoms with E-state index in [1.54, 1.807) is 0 Å². The Hall–Kier alpha value is -0.400. The molecule has 11 heavy (non-hydrogen) atoms. The maximum atomic E-state index is 10.2. The van der Waals surface area contributed by atoms with Gasteiger partial charge >= 0.3 is 11.9 Å². The maximum absolute atomic E-state index is 10.2. The SMILES string of the molecule is O=C(O)C(O)C(S)(S)C(=O)O. The first-order valence-corrected chi connectivity index (χ1v) is 3.28. The molecule has 0 aromatic rings. The quantitative estimate of drug-likeness (QED) is 0.298. The fourth-order valence-electron chi connectivity index (χ4n) is 0.289. The summed E-state index contributed by atoms with van der Waals surface area (Å²) >= 11 is 6.70. The van der Waals surface area contributed by atoms with Crippen LogP contribution >= 0.6 is 25.3 Å². The summed E-state index contributed by atoms with van der Waals surface area (Å²) in [4.78, 5) is 20.2. The minimum atomic E-state index is -2.26. The van der Waals surface area contributed by atoms with E-state index in [4.69, 9.17) is 15.3 Å². The lowest BCUT2D eigenvalue weighted by Crippen LogP contribution is -2.44. The van der Waals surface area contributed by atoms with Crippen LogP contribution in [-0.2, 0) is 9.59 Å². The molecular weight excluding hydrogens is 192 g/mol. The van der Waals surface area contributed by atoms with Crippen LogP contribution in [0.4, 0.5) is 0 Å². The van der Waals surface area contributed by atoms with E-state index in [1.807, 2.05) is 0 Å². The zero-order chi connectivity index (χ0) is 9.23. The summed E-state index contributed by atoms with van der Waals surface area (Å²) in [7, 11) is 0. The smallest absolute Gasteiger partial charge is 0.335 e. The van der Waals surface area contributed by atoms with Gasteiger partial charge in [-0.2, -0.15) is 0 Å². The molecule has 0 fully saturated rings. The minimum absolute atomic E-state index is 1.61. The van der Waals surface area contributed by atoms with Gasteiger partial charge in [-0.1, -0.05) is 0 Å². The van der Waals surface area contributed by atoms with E-state index in [0.717, 1.165) is 0 Å². The Bertz CT molecular complexity index is 189. The molecular formula is C4H6O5S2. The van der Waals surface area contributed by atoms with Crippen LogP contribution in [-0.4, -0.2) is 37.4 Å². The van der Waals surface area contributed by atoms with Gasteiger partial charge in [0.2, 0.25) is 0 Å². The van der Waals surface area contributed by atoms with Gasteiger partial charge < -0.3 is 15.3 Å². The van der Waals surface area contributed by atoms with E-state index in [-0.39, 0.29) is 0 Å². The molecule has 0 amide bonds. The molecule has 64 valence electrons. The molecule has 0 saturated heterocycles. The molecule has 0 aromatic carbocycles. The first-order valence-electron chi connectivity index (χ1n) is 2.39. The Labute approximate surface area is 72.8 Å².